The van der Waals surface area contributed by atoms with E-state index in [2.05, 4.69) is 0 Å². The molecule has 4 heteroatoms. The summed E-state index contributed by atoms with van der Waals surface area (Å²) in [6, 6.07) is 24.2. The third kappa shape index (κ3) is 3.01. The maximum atomic E-state index is 14.1. The Labute approximate surface area is 141 Å². The number of methoxy groups -OCH3 is 1. The monoisotopic (exact) mass is 338 g/mol. The standard InChI is InChI=1S/C20H19O3P/c1-23-17-9-13-20(14-10-17)24(22,18-5-3-2-4-6-18)19-11-7-16(15-21)8-12-19/h2-14,21H,15H2,1H3. The molecule has 0 aliphatic carbocycles. The van der Waals surface area contributed by atoms with Crippen LogP contribution in [-0.2, 0) is 11.2 Å². The summed E-state index contributed by atoms with van der Waals surface area (Å²) < 4.78 is 19.3. The lowest BCUT2D eigenvalue weighted by Gasteiger charge is -2.20. The van der Waals surface area contributed by atoms with Crippen molar-refractivity contribution in [1.82, 2.24) is 0 Å². The molecule has 0 saturated carbocycles. The van der Waals surface area contributed by atoms with E-state index in [-0.39, 0.29) is 6.61 Å². The van der Waals surface area contributed by atoms with E-state index in [0.29, 0.717) is 0 Å². The van der Waals surface area contributed by atoms with Gasteiger partial charge >= 0.3 is 0 Å². The van der Waals surface area contributed by atoms with Crippen LogP contribution in [0.1, 0.15) is 5.56 Å². The first kappa shape index (κ1) is 16.5. The predicted octanol–water partition coefficient (Wildman–Crippen LogP) is 2.83. The summed E-state index contributed by atoms with van der Waals surface area (Å²) in [5.74, 6) is 0.731. The van der Waals surface area contributed by atoms with Crippen molar-refractivity contribution in [2.75, 3.05) is 7.11 Å². The molecule has 0 amide bonds. The smallest absolute Gasteiger partial charge is 0.171 e. The second-order valence-corrected chi connectivity index (χ2v) is 8.24. The summed E-state index contributed by atoms with van der Waals surface area (Å²) in [5.41, 5.74) is 0.799. The number of hydrogen-bond donors (Lipinski definition) is 1. The van der Waals surface area contributed by atoms with Crippen LogP contribution in [0.15, 0.2) is 78.9 Å². The first-order valence-electron chi connectivity index (χ1n) is 7.69. The highest BCUT2D eigenvalue weighted by atomic mass is 31.2. The molecule has 0 spiro atoms. The van der Waals surface area contributed by atoms with Crippen LogP contribution < -0.4 is 20.7 Å². The van der Waals surface area contributed by atoms with Crippen LogP contribution in [0.4, 0.5) is 0 Å². The average Bonchev–Trinajstić information content (AvgIpc) is 2.68. The quantitative estimate of drug-likeness (QED) is 0.728. The lowest BCUT2D eigenvalue weighted by atomic mass is 10.2. The molecule has 0 fully saturated rings. The Hall–Kier alpha value is -2.35. The molecule has 0 aromatic heterocycles. The van der Waals surface area contributed by atoms with Crippen molar-refractivity contribution in [2.45, 2.75) is 6.61 Å². The van der Waals surface area contributed by atoms with Crippen molar-refractivity contribution >= 4 is 23.1 Å². The number of benzene rings is 3. The SMILES string of the molecule is COc1ccc(P(=O)(c2ccccc2)c2ccc(CO)cc2)cc1. The van der Waals surface area contributed by atoms with Gasteiger partial charge in [0.05, 0.1) is 13.7 Å². The van der Waals surface area contributed by atoms with E-state index in [1.165, 1.54) is 0 Å². The highest BCUT2D eigenvalue weighted by Crippen LogP contribution is 2.42. The zero-order valence-electron chi connectivity index (χ0n) is 13.4. The van der Waals surface area contributed by atoms with Gasteiger partial charge in [0.15, 0.2) is 7.14 Å². The number of ether oxygens (including phenoxy) is 1. The van der Waals surface area contributed by atoms with Crippen LogP contribution in [0.25, 0.3) is 0 Å². The van der Waals surface area contributed by atoms with Crippen molar-refractivity contribution in [3.63, 3.8) is 0 Å². The van der Waals surface area contributed by atoms with Gasteiger partial charge in [-0.1, -0.05) is 54.6 Å². The Morgan fingerprint density at radius 3 is 1.79 bits per heavy atom. The molecule has 3 rings (SSSR count). The summed E-state index contributed by atoms with van der Waals surface area (Å²) >= 11 is 0. The number of aliphatic hydroxyl groups is 1. The maximum Gasteiger partial charge on any atom is 0.171 e. The third-order valence-electron chi connectivity index (χ3n) is 4.04. The van der Waals surface area contributed by atoms with Crippen LogP contribution in [0.2, 0.25) is 0 Å². The van der Waals surface area contributed by atoms with Crippen LogP contribution in [0, 0.1) is 0 Å². The van der Waals surface area contributed by atoms with Gasteiger partial charge < -0.3 is 14.4 Å². The Kier molecular flexibility index (Phi) is 4.84. The van der Waals surface area contributed by atoms with E-state index in [0.717, 1.165) is 27.2 Å². The van der Waals surface area contributed by atoms with Gasteiger partial charge in [-0.3, -0.25) is 0 Å². The fourth-order valence-electron chi connectivity index (χ4n) is 2.69. The molecule has 3 nitrogen and oxygen atoms in total. The van der Waals surface area contributed by atoms with Gasteiger partial charge in [-0.25, -0.2) is 0 Å². The van der Waals surface area contributed by atoms with Crippen molar-refractivity contribution < 1.29 is 14.4 Å². The maximum absolute atomic E-state index is 14.1. The Bertz CT molecular complexity index is 789. The van der Waals surface area contributed by atoms with Gasteiger partial charge in [-0.15, -0.1) is 0 Å². The predicted molar refractivity (Wildman–Crippen MR) is 98.3 cm³/mol. The fourth-order valence-corrected chi connectivity index (χ4v) is 5.31. The van der Waals surface area contributed by atoms with E-state index in [4.69, 9.17) is 4.74 Å². The molecule has 0 saturated heterocycles. The zero-order chi connectivity index (χ0) is 17.0. The lowest BCUT2D eigenvalue weighted by Crippen LogP contribution is -2.25. The molecule has 0 bridgehead atoms. The molecule has 0 radical (unpaired) electrons. The number of rotatable bonds is 5. The highest BCUT2D eigenvalue weighted by Gasteiger charge is 2.29. The second kappa shape index (κ2) is 7.04. The normalized spacial score (nSPS) is 13.2. The summed E-state index contributed by atoms with van der Waals surface area (Å²) in [7, 11) is -1.36. The molecular weight excluding hydrogens is 319 g/mol. The van der Waals surface area contributed by atoms with Crippen LogP contribution in [0.5, 0.6) is 5.75 Å². The van der Waals surface area contributed by atoms with Gasteiger partial charge in [-0.05, 0) is 29.8 Å². The van der Waals surface area contributed by atoms with Gasteiger partial charge in [0.25, 0.3) is 0 Å². The van der Waals surface area contributed by atoms with Crippen LogP contribution in [0.3, 0.4) is 0 Å². The molecule has 3 aromatic rings. The van der Waals surface area contributed by atoms with E-state index in [1.54, 1.807) is 7.11 Å². The topological polar surface area (TPSA) is 46.5 Å². The van der Waals surface area contributed by atoms with Crippen molar-refractivity contribution in [3.8, 4) is 5.75 Å². The van der Waals surface area contributed by atoms with E-state index >= 15 is 0 Å². The van der Waals surface area contributed by atoms with Crippen LogP contribution in [-0.4, -0.2) is 12.2 Å². The largest absolute Gasteiger partial charge is 0.497 e. The summed E-state index contributed by atoms with van der Waals surface area (Å²) in [6.07, 6.45) is 0. The summed E-state index contributed by atoms with van der Waals surface area (Å²) in [5, 5.41) is 11.5. The molecule has 24 heavy (non-hydrogen) atoms. The molecule has 0 heterocycles. The Balaban J connectivity index is 2.18. The fraction of sp³-hybridized carbons (Fsp3) is 0.100. The van der Waals surface area contributed by atoms with Crippen molar-refractivity contribution in [2.24, 2.45) is 0 Å². The molecule has 1 N–H and O–H groups in total. The third-order valence-corrected chi connectivity index (χ3v) is 7.11. The molecular formula is C20H19O3P. The van der Waals surface area contributed by atoms with E-state index in [9.17, 15) is 9.67 Å². The van der Waals surface area contributed by atoms with Crippen molar-refractivity contribution in [1.29, 1.82) is 0 Å². The second-order valence-electron chi connectivity index (χ2n) is 5.47. The minimum absolute atomic E-state index is 0.0293. The molecule has 0 aliphatic rings. The van der Waals surface area contributed by atoms with Gasteiger partial charge in [0.2, 0.25) is 0 Å². The summed E-state index contributed by atoms with van der Waals surface area (Å²) in [4.78, 5) is 0. The molecule has 1 unspecified atom stereocenters. The Morgan fingerprint density at radius 1 is 0.792 bits per heavy atom. The molecule has 3 aromatic carbocycles. The van der Waals surface area contributed by atoms with Gasteiger partial charge in [0.1, 0.15) is 5.75 Å². The highest BCUT2D eigenvalue weighted by molar-refractivity contribution is 7.85. The first-order chi connectivity index (χ1) is 11.7. The Morgan fingerprint density at radius 2 is 1.29 bits per heavy atom. The van der Waals surface area contributed by atoms with Crippen LogP contribution >= 0.6 is 7.14 Å². The van der Waals surface area contributed by atoms with Gasteiger partial charge in [0, 0.05) is 15.9 Å². The van der Waals surface area contributed by atoms with E-state index < -0.39 is 7.14 Å². The minimum Gasteiger partial charge on any atom is -0.497 e. The summed E-state index contributed by atoms with van der Waals surface area (Å²) in [6.45, 7) is -0.0293. The van der Waals surface area contributed by atoms with Crippen molar-refractivity contribution in [3.05, 3.63) is 84.4 Å². The molecule has 1 atom stereocenters. The minimum atomic E-state index is -2.97. The average molecular weight is 338 g/mol. The van der Waals surface area contributed by atoms with Gasteiger partial charge in [-0.2, -0.15) is 0 Å². The number of aliphatic hydroxyl groups excluding tert-OH is 1. The number of hydrogen-bond acceptors (Lipinski definition) is 3. The van der Waals surface area contributed by atoms with E-state index in [1.807, 2.05) is 78.9 Å². The lowest BCUT2D eigenvalue weighted by molar-refractivity contribution is 0.282. The molecule has 0 aliphatic heterocycles. The zero-order valence-corrected chi connectivity index (χ0v) is 14.3. The molecule has 122 valence electrons. The first-order valence-corrected chi connectivity index (χ1v) is 9.40.